The van der Waals surface area contributed by atoms with Crippen molar-refractivity contribution < 1.29 is 27.9 Å². The Hall–Kier alpha value is -2.70. The van der Waals surface area contributed by atoms with Crippen LogP contribution in [0, 0.1) is 0 Å². The number of aliphatic imine (C=N–C) groups is 1. The highest BCUT2D eigenvalue weighted by molar-refractivity contribution is 7.89. The molecule has 1 aliphatic rings. The molecular weight excluding hydrogens is 492 g/mol. The largest absolute Gasteiger partial charge is 0.478 e. The van der Waals surface area contributed by atoms with Crippen LogP contribution in [-0.2, 0) is 20.3 Å². The van der Waals surface area contributed by atoms with Gasteiger partial charge < -0.3 is 9.84 Å². The summed E-state index contributed by atoms with van der Waals surface area (Å²) in [4.78, 5) is 33.0. The number of carbonyl (C=O) groups excluding carboxylic acids is 1. The van der Waals surface area contributed by atoms with Gasteiger partial charge in [0.25, 0.3) is 0 Å². The highest BCUT2D eigenvalue weighted by Crippen LogP contribution is 2.44. The molecule has 2 aromatic heterocycles. The van der Waals surface area contributed by atoms with Gasteiger partial charge in [-0.05, 0) is 39.8 Å². The normalized spacial score (nSPS) is 20.2. The van der Waals surface area contributed by atoms with E-state index in [4.69, 9.17) is 16.3 Å². The molecule has 0 bridgehead atoms. The van der Waals surface area contributed by atoms with Gasteiger partial charge in [0.05, 0.1) is 21.2 Å². The van der Waals surface area contributed by atoms with E-state index in [2.05, 4.69) is 15.3 Å². The number of nitrogens with zero attached hydrogens (tertiary/aromatic N) is 3. The Morgan fingerprint density at radius 2 is 1.97 bits per heavy atom. The van der Waals surface area contributed by atoms with Crippen molar-refractivity contribution in [1.29, 1.82) is 0 Å². The maximum absolute atomic E-state index is 12.9. The van der Waals surface area contributed by atoms with Crippen molar-refractivity contribution in [3.05, 3.63) is 40.0 Å². The van der Waals surface area contributed by atoms with E-state index < -0.39 is 33.2 Å². The number of alkyl carbamates (subject to hydrolysis) is 1. The Morgan fingerprint density at radius 3 is 2.58 bits per heavy atom. The molecular formula is C20H23ClN4O6S2. The highest BCUT2D eigenvalue weighted by Gasteiger charge is 2.44. The molecule has 10 nitrogen and oxygen atoms in total. The van der Waals surface area contributed by atoms with E-state index in [1.165, 1.54) is 36.8 Å². The van der Waals surface area contributed by atoms with Gasteiger partial charge >= 0.3 is 12.1 Å². The number of aromatic carboxylic acids is 1. The van der Waals surface area contributed by atoms with Crippen LogP contribution in [-0.4, -0.2) is 59.2 Å². The van der Waals surface area contributed by atoms with Crippen LogP contribution in [0.25, 0.3) is 10.4 Å². The third-order valence-electron chi connectivity index (χ3n) is 4.59. The Kier molecular flexibility index (Phi) is 6.48. The Bertz CT molecular complexity index is 1250. The van der Waals surface area contributed by atoms with Crippen molar-refractivity contribution in [1.82, 2.24) is 14.6 Å². The number of aromatic nitrogens is 1. The number of carbonyl (C=O) groups is 2. The van der Waals surface area contributed by atoms with Gasteiger partial charge in [-0.25, -0.2) is 27.3 Å². The summed E-state index contributed by atoms with van der Waals surface area (Å²) in [5, 5.41) is 11.9. The number of hydrogen-bond donors (Lipinski definition) is 2. The highest BCUT2D eigenvalue weighted by atomic mass is 35.5. The molecule has 178 valence electrons. The first-order chi connectivity index (χ1) is 15.1. The minimum atomic E-state index is -3.86. The smallest absolute Gasteiger partial charge is 0.414 e. The van der Waals surface area contributed by atoms with Crippen molar-refractivity contribution in [3.8, 4) is 10.4 Å². The fraction of sp³-hybridized carbons (Fsp3) is 0.400. The van der Waals surface area contributed by atoms with Crippen molar-refractivity contribution in [2.24, 2.45) is 4.99 Å². The lowest BCUT2D eigenvalue weighted by molar-refractivity contribution is 0.0558. The van der Waals surface area contributed by atoms with Crippen molar-refractivity contribution in [2.45, 2.75) is 38.8 Å². The van der Waals surface area contributed by atoms with Crippen LogP contribution >= 0.6 is 22.9 Å². The Labute approximate surface area is 200 Å². The number of sulfonamides is 1. The number of amides is 1. The topological polar surface area (TPSA) is 138 Å². The van der Waals surface area contributed by atoms with Crippen molar-refractivity contribution in [3.63, 3.8) is 0 Å². The Morgan fingerprint density at radius 1 is 1.30 bits per heavy atom. The molecule has 0 saturated heterocycles. The van der Waals surface area contributed by atoms with E-state index in [0.717, 1.165) is 4.31 Å². The van der Waals surface area contributed by atoms with E-state index in [1.807, 2.05) is 0 Å². The average molecular weight is 515 g/mol. The number of carboxylic acids is 1. The fourth-order valence-electron chi connectivity index (χ4n) is 3.11. The van der Waals surface area contributed by atoms with Gasteiger partial charge in [0.1, 0.15) is 11.1 Å². The third-order valence-corrected chi connectivity index (χ3v) is 8.37. The molecule has 0 fully saturated rings. The van der Waals surface area contributed by atoms with E-state index in [1.54, 1.807) is 33.8 Å². The zero-order valence-corrected chi connectivity index (χ0v) is 20.9. The molecule has 0 spiro atoms. The summed E-state index contributed by atoms with van der Waals surface area (Å²) < 4.78 is 31.9. The Balaban J connectivity index is 2.03. The molecule has 1 aliphatic heterocycles. The molecule has 1 amide bonds. The minimum absolute atomic E-state index is 0.00789. The van der Waals surface area contributed by atoms with Gasteiger partial charge in [-0.2, -0.15) is 0 Å². The molecule has 1 atom stereocenters. The molecule has 2 aromatic rings. The summed E-state index contributed by atoms with van der Waals surface area (Å²) >= 11 is 7.65. The number of ether oxygens (including phenoxy) is 1. The number of halogens is 1. The van der Waals surface area contributed by atoms with E-state index in [9.17, 15) is 23.1 Å². The lowest BCUT2D eigenvalue weighted by Gasteiger charge is -2.35. The quantitative estimate of drug-likeness (QED) is 0.638. The van der Waals surface area contributed by atoms with Crippen LogP contribution in [0.2, 0.25) is 5.02 Å². The molecule has 0 aliphatic carbocycles. The second kappa shape index (κ2) is 8.58. The van der Waals surface area contributed by atoms with Crippen LogP contribution in [0.5, 0.6) is 0 Å². The summed E-state index contributed by atoms with van der Waals surface area (Å²) in [5.41, 5.74) is -1.57. The van der Waals surface area contributed by atoms with Gasteiger partial charge in [-0.1, -0.05) is 11.6 Å². The monoisotopic (exact) mass is 514 g/mol. The average Bonchev–Trinajstić information content (AvgIpc) is 3.07. The second-order valence-electron chi connectivity index (χ2n) is 8.62. The first kappa shape index (κ1) is 24.9. The minimum Gasteiger partial charge on any atom is -0.478 e. The molecule has 0 unspecified atom stereocenters. The van der Waals surface area contributed by atoms with Crippen LogP contribution in [0.15, 0.2) is 29.5 Å². The van der Waals surface area contributed by atoms with Gasteiger partial charge in [-0.3, -0.25) is 10.3 Å². The van der Waals surface area contributed by atoms with Gasteiger partial charge in [0, 0.05) is 29.9 Å². The van der Waals surface area contributed by atoms with Crippen LogP contribution in [0.1, 0.15) is 42.9 Å². The van der Waals surface area contributed by atoms with E-state index in [0.29, 0.717) is 15.3 Å². The zero-order valence-electron chi connectivity index (χ0n) is 18.5. The van der Waals surface area contributed by atoms with Gasteiger partial charge in [0.2, 0.25) is 16.0 Å². The van der Waals surface area contributed by atoms with Crippen molar-refractivity contribution in [2.75, 3.05) is 12.8 Å². The summed E-state index contributed by atoms with van der Waals surface area (Å²) in [6, 6.07) is 3.06. The first-order valence-corrected chi connectivity index (χ1v) is 12.5. The van der Waals surface area contributed by atoms with Crippen LogP contribution in [0.4, 0.5) is 4.79 Å². The van der Waals surface area contributed by atoms with Gasteiger partial charge in [-0.15, -0.1) is 11.3 Å². The maximum Gasteiger partial charge on any atom is 0.414 e. The number of rotatable bonds is 3. The summed E-state index contributed by atoms with van der Waals surface area (Å²) in [6.07, 6.45) is 1.87. The fourth-order valence-corrected chi connectivity index (χ4v) is 6.28. The number of hydrogen-bond acceptors (Lipinski definition) is 8. The van der Waals surface area contributed by atoms with Gasteiger partial charge in [0.15, 0.2) is 0 Å². The second-order valence-corrected chi connectivity index (χ2v) is 12.1. The van der Waals surface area contributed by atoms with E-state index >= 15 is 0 Å². The zero-order chi connectivity index (χ0) is 24.8. The first-order valence-electron chi connectivity index (χ1n) is 9.66. The van der Waals surface area contributed by atoms with E-state index in [-0.39, 0.29) is 22.3 Å². The molecule has 33 heavy (non-hydrogen) atoms. The molecule has 0 aromatic carbocycles. The number of pyridine rings is 1. The predicted octanol–water partition coefficient (Wildman–Crippen LogP) is 3.53. The molecule has 0 radical (unpaired) electrons. The lowest BCUT2D eigenvalue weighted by Crippen LogP contribution is -2.53. The molecule has 3 heterocycles. The van der Waals surface area contributed by atoms with Crippen LogP contribution < -0.4 is 5.32 Å². The standard InChI is InChI=1S/C20H23ClN4O6S2/c1-19(2,3)31-18(28)23-17-24-20(4,10-33(29,30)25(17)5)15-13(21)7-14(32-15)11-6-12(16(26)27)9-22-8-11/h6-9H,10H2,1-5H3,(H,26,27)(H,23,24,28)/t20-/m0/s1. The molecule has 0 saturated carbocycles. The number of nitrogens with one attached hydrogen (secondary N) is 1. The number of guanidine groups is 1. The summed E-state index contributed by atoms with van der Waals surface area (Å²) in [6.45, 7) is 6.64. The third kappa shape index (κ3) is 5.45. The summed E-state index contributed by atoms with van der Waals surface area (Å²) in [7, 11) is -2.57. The molecule has 13 heteroatoms. The maximum atomic E-state index is 12.9. The van der Waals surface area contributed by atoms with Crippen LogP contribution in [0.3, 0.4) is 0 Å². The predicted molar refractivity (Wildman–Crippen MR) is 125 cm³/mol. The number of thiophene rings is 1. The SMILES string of the molecule is CN1C(NC(=O)OC(C)(C)C)=N[C@](C)(c2sc(-c3cncc(C(=O)O)c3)cc2Cl)CS1(=O)=O. The lowest BCUT2D eigenvalue weighted by atomic mass is 10.0. The molecule has 2 N–H and O–H groups in total. The summed E-state index contributed by atoms with van der Waals surface area (Å²) in [5.74, 6) is -1.70. The van der Waals surface area contributed by atoms with Crippen molar-refractivity contribution >= 4 is 51.0 Å². The number of carboxylic acid groups (broad SMARTS) is 1. The molecule has 3 rings (SSSR count).